The molecule has 6 heteroatoms. The number of aryl methyl sites for hydroxylation is 1. The Morgan fingerprint density at radius 3 is 2.54 bits per heavy atom. The van der Waals surface area contributed by atoms with E-state index in [0.29, 0.717) is 5.69 Å². The number of aromatic nitrogens is 2. The molecule has 6 nitrogen and oxygen atoms in total. The molecule has 2 aromatic carbocycles. The average Bonchev–Trinajstić information content (AvgIpc) is 3.05. The summed E-state index contributed by atoms with van der Waals surface area (Å²) in [6.45, 7) is 1.97. The molecule has 0 aliphatic rings. The predicted octanol–water partition coefficient (Wildman–Crippen LogP) is 3.81. The third kappa shape index (κ3) is 4.10. The molecule has 0 radical (unpaired) electrons. The zero-order valence-electron chi connectivity index (χ0n) is 14.8. The fourth-order valence-electron chi connectivity index (χ4n) is 2.79. The van der Waals surface area contributed by atoms with Gasteiger partial charge in [-0.15, -0.1) is 0 Å². The zero-order chi connectivity index (χ0) is 18.5. The number of anilines is 1. The van der Waals surface area contributed by atoms with Gasteiger partial charge in [-0.05, 0) is 31.0 Å². The quantitative estimate of drug-likeness (QED) is 0.652. The number of aromatic amines is 1. The summed E-state index contributed by atoms with van der Waals surface area (Å²) in [4.78, 5) is 19.2. The first-order chi connectivity index (χ1) is 12.6. The van der Waals surface area contributed by atoms with Gasteiger partial charge in [-0.2, -0.15) is 0 Å². The summed E-state index contributed by atoms with van der Waals surface area (Å²) >= 11 is 0. The van der Waals surface area contributed by atoms with E-state index in [2.05, 4.69) is 27.2 Å². The van der Waals surface area contributed by atoms with E-state index < -0.39 is 6.09 Å². The molecule has 0 spiro atoms. The van der Waals surface area contributed by atoms with Crippen molar-refractivity contribution in [3.05, 3.63) is 71.7 Å². The predicted molar refractivity (Wildman–Crippen MR) is 102 cm³/mol. The lowest BCUT2D eigenvalue weighted by Gasteiger charge is -2.08. The molecular formula is C20H22N4O2. The number of H-pyrrole nitrogens is 1. The Hall–Kier alpha value is -3.12. The van der Waals surface area contributed by atoms with Gasteiger partial charge in [0, 0.05) is 16.9 Å². The minimum atomic E-state index is -0.497. The molecular weight excluding hydrogens is 328 g/mol. The normalized spacial score (nSPS) is 11.8. The second kappa shape index (κ2) is 7.84. The van der Waals surface area contributed by atoms with E-state index in [9.17, 15) is 4.79 Å². The van der Waals surface area contributed by atoms with Crippen LogP contribution in [-0.2, 0) is 11.2 Å². The lowest BCUT2D eigenvalue weighted by Crippen LogP contribution is -2.15. The first-order valence-corrected chi connectivity index (χ1v) is 8.38. The number of ether oxygens (including phenoxy) is 1. The van der Waals surface area contributed by atoms with Crippen LogP contribution in [0.4, 0.5) is 10.5 Å². The highest BCUT2D eigenvalue weighted by atomic mass is 16.5. The van der Waals surface area contributed by atoms with Gasteiger partial charge in [0.15, 0.2) is 0 Å². The van der Waals surface area contributed by atoms with Crippen LogP contribution in [0.5, 0.6) is 0 Å². The first-order valence-electron chi connectivity index (χ1n) is 8.38. The molecule has 0 fully saturated rings. The Bertz CT molecular complexity index is 873. The van der Waals surface area contributed by atoms with Gasteiger partial charge >= 0.3 is 6.09 Å². The molecule has 0 aliphatic heterocycles. The maximum atomic E-state index is 11.3. The molecule has 134 valence electrons. The highest BCUT2D eigenvalue weighted by Crippen LogP contribution is 2.25. The molecule has 1 heterocycles. The fraction of sp³-hybridized carbons (Fsp3) is 0.200. The summed E-state index contributed by atoms with van der Waals surface area (Å²) in [5.74, 6) is 0.762. The third-order valence-electron chi connectivity index (χ3n) is 4.14. The third-order valence-corrected chi connectivity index (χ3v) is 4.14. The number of methoxy groups -OCH3 is 1. The molecule has 1 aromatic heterocycles. The van der Waals surface area contributed by atoms with E-state index in [4.69, 9.17) is 10.7 Å². The minimum Gasteiger partial charge on any atom is -0.453 e. The summed E-state index contributed by atoms with van der Waals surface area (Å²) in [7, 11) is 1.33. The molecule has 1 atom stereocenters. The average molecular weight is 350 g/mol. The van der Waals surface area contributed by atoms with Crippen molar-refractivity contribution in [2.24, 2.45) is 5.73 Å². The molecule has 0 unspecified atom stereocenters. The van der Waals surface area contributed by atoms with E-state index in [-0.39, 0.29) is 6.04 Å². The fourth-order valence-corrected chi connectivity index (χ4v) is 2.79. The van der Waals surface area contributed by atoms with Crippen LogP contribution in [0.15, 0.2) is 54.6 Å². The maximum absolute atomic E-state index is 11.3. The largest absolute Gasteiger partial charge is 0.453 e. The number of hydrogen-bond donors (Lipinski definition) is 3. The highest BCUT2D eigenvalue weighted by molar-refractivity contribution is 5.84. The van der Waals surface area contributed by atoms with E-state index >= 15 is 0 Å². The van der Waals surface area contributed by atoms with E-state index in [0.717, 1.165) is 29.2 Å². The van der Waals surface area contributed by atoms with Gasteiger partial charge < -0.3 is 15.5 Å². The Labute approximate surface area is 152 Å². The van der Waals surface area contributed by atoms with Crippen molar-refractivity contribution < 1.29 is 9.53 Å². The van der Waals surface area contributed by atoms with Gasteiger partial charge in [-0.1, -0.05) is 42.5 Å². The van der Waals surface area contributed by atoms with Crippen molar-refractivity contribution in [1.29, 1.82) is 0 Å². The number of amides is 1. The molecule has 4 N–H and O–H groups in total. The Morgan fingerprint density at radius 2 is 1.88 bits per heavy atom. The smallest absolute Gasteiger partial charge is 0.411 e. The van der Waals surface area contributed by atoms with Crippen molar-refractivity contribution >= 4 is 11.8 Å². The van der Waals surface area contributed by atoms with Crippen molar-refractivity contribution in [3.8, 4) is 11.3 Å². The molecule has 0 aliphatic carbocycles. The number of carbonyl (C=O) groups is 1. The van der Waals surface area contributed by atoms with E-state index in [1.54, 1.807) is 0 Å². The maximum Gasteiger partial charge on any atom is 0.411 e. The van der Waals surface area contributed by atoms with E-state index in [1.807, 2.05) is 49.4 Å². The van der Waals surface area contributed by atoms with Crippen LogP contribution in [0, 0.1) is 6.92 Å². The summed E-state index contributed by atoms with van der Waals surface area (Å²) in [6.07, 6.45) is 0.220. The zero-order valence-corrected chi connectivity index (χ0v) is 14.8. The van der Waals surface area contributed by atoms with Crippen molar-refractivity contribution in [3.63, 3.8) is 0 Å². The number of nitrogens with two attached hydrogens (primary N) is 1. The van der Waals surface area contributed by atoms with Crippen LogP contribution in [0.3, 0.4) is 0 Å². The van der Waals surface area contributed by atoms with Gasteiger partial charge in [-0.3, -0.25) is 5.32 Å². The Morgan fingerprint density at radius 1 is 1.19 bits per heavy atom. The number of benzene rings is 2. The van der Waals surface area contributed by atoms with Crippen molar-refractivity contribution in [1.82, 2.24) is 9.97 Å². The van der Waals surface area contributed by atoms with Gasteiger partial charge in [0.1, 0.15) is 5.82 Å². The Kier molecular flexibility index (Phi) is 5.34. The second-order valence-corrected chi connectivity index (χ2v) is 6.09. The topological polar surface area (TPSA) is 93.0 Å². The molecule has 0 saturated carbocycles. The van der Waals surface area contributed by atoms with Crippen LogP contribution < -0.4 is 11.1 Å². The SMILES string of the molecule is COC(=O)Nc1ccc(-c2nc([C@@H](N)Cc3ccccc3)[nH]c2C)cc1. The summed E-state index contributed by atoms with van der Waals surface area (Å²) in [6, 6.07) is 17.3. The van der Waals surface area contributed by atoms with Gasteiger partial charge in [0.25, 0.3) is 0 Å². The molecule has 0 bridgehead atoms. The van der Waals surface area contributed by atoms with E-state index in [1.165, 1.54) is 12.7 Å². The van der Waals surface area contributed by atoms with Crippen molar-refractivity contribution in [2.45, 2.75) is 19.4 Å². The van der Waals surface area contributed by atoms with Gasteiger partial charge in [-0.25, -0.2) is 9.78 Å². The van der Waals surface area contributed by atoms with Gasteiger partial charge in [0.05, 0.1) is 18.8 Å². The number of hydrogen-bond acceptors (Lipinski definition) is 4. The highest BCUT2D eigenvalue weighted by Gasteiger charge is 2.15. The second-order valence-electron chi connectivity index (χ2n) is 6.09. The number of rotatable bonds is 5. The Balaban J connectivity index is 1.76. The van der Waals surface area contributed by atoms with Crippen LogP contribution in [0.1, 0.15) is 23.1 Å². The summed E-state index contributed by atoms with van der Waals surface area (Å²) in [5.41, 5.74) is 10.9. The van der Waals surface area contributed by atoms with Crippen LogP contribution in [-0.4, -0.2) is 23.2 Å². The van der Waals surface area contributed by atoms with Crippen molar-refractivity contribution in [2.75, 3.05) is 12.4 Å². The minimum absolute atomic E-state index is 0.204. The molecule has 1 amide bonds. The number of imidazole rings is 1. The molecule has 0 saturated heterocycles. The molecule has 3 aromatic rings. The van der Waals surface area contributed by atoms with Gasteiger partial charge in [0.2, 0.25) is 0 Å². The lowest BCUT2D eigenvalue weighted by atomic mass is 10.1. The first kappa shape index (κ1) is 17.7. The summed E-state index contributed by atoms with van der Waals surface area (Å²) in [5, 5.41) is 2.63. The molecule has 26 heavy (non-hydrogen) atoms. The lowest BCUT2D eigenvalue weighted by molar-refractivity contribution is 0.187. The number of nitrogens with one attached hydrogen (secondary N) is 2. The number of carbonyl (C=O) groups excluding carboxylic acids is 1. The van der Waals surface area contributed by atoms with Crippen LogP contribution >= 0.6 is 0 Å². The standard InChI is InChI=1S/C20H22N4O2/c1-13-18(15-8-10-16(11-9-15)23-20(25)26-2)24-19(22-13)17(21)12-14-6-4-3-5-7-14/h3-11,17H,12,21H2,1-2H3,(H,22,24)(H,23,25)/t17-/m0/s1. The van der Waals surface area contributed by atoms with Crippen LogP contribution in [0.25, 0.3) is 11.3 Å². The summed E-state index contributed by atoms with van der Waals surface area (Å²) < 4.78 is 4.59. The monoisotopic (exact) mass is 350 g/mol. The number of nitrogens with zero attached hydrogens (tertiary/aromatic N) is 1. The molecule has 3 rings (SSSR count). The van der Waals surface area contributed by atoms with Crippen LogP contribution in [0.2, 0.25) is 0 Å².